The number of carbonyl (C=O) groups excluding carboxylic acids is 8. The number of aromatic amines is 1. The van der Waals surface area contributed by atoms with Crippen LogP contribution < -0.4 is 37.2 Å². The third kappa shape index (κ3) is 11.5. The van der Waals surface area contributed by atoms with Gasteiger partial charge < -0.3 is 67.5 Å². The zero-order valence-corrected chi connectivity index (χ0v) is 35.5. The Bertz CT molecular complexity index is 2150. The van der Waals surface area contributed by atoms with Crippen LogP contribution in [0.5, 0.6) is 0 Å². The molecule has 8 amide bonds. The molecule has 1 aromatic carbocycles. The van der Waals surface area contributed by atoms with Gasteiger partial charge in [0.15, 0.2) is 0 Å². The Morgan fingerprint density at radius 1 is 0.841 bits per heavy atom. The van der Waals surface area contributed by atoms with Crippen molar-refractivity contribution in [2.45, 2.75) is 99.9 Å². The number of hydrogen-bond acceptors (Lipinski definition) is 13. The fourth-order valence-corrected chi connectivity index (χ4v) is 9.03. The summed E-state index contributed by atoms with van der Waals surface area (Å²) in [7, 11) is -2.32. The first kappa shape index (κ1) is 48.1. The van der Waals surface area contributed by atoms with Crippen LogP contribution in [0.4, 0.5) is 0 Å². The molecule has 0 saturated carbocycles. The summed E-state index contributed by atoms with van der Waals surface area (Å²) < 4.78 is 14.5. The molecule has 0 spiro atoms. The number of aliphatic carboxylic acids is 1. The van der Waals surface area contributed by atoms with Gasteiger partial charge in [-0.3, -0.25) is 47.4 Å². The van der Waals surface area contributed by atoms with Crippen LogP contribution in [0, 0.1) is 11.8 Å². The Balaban J connectivity index is 1.72. The van der Waals surface area contributed by atoms with Gasteiger partial charge in [-0.1, -0.05) is 45.4 Å². The minimum absolute atomic E-state index is 0.0825. The third-order valence-corrected chi connectivity index (χ3v) is 12.9. The molecule has 1 saturated heterocycles. The van der Waals surface area contributed by atoms with Gasteiger partial charge in [0, 0.05) is 36.2 Å². The van der Waals surface area contributed by atoms with Crippen LogP contribution in [0.1, 0.15) is 45.6 Å². The number of amides is 8. The van der Waals surface area contributed by atoms with Gasteiger partial charge in [0.25, 0.3) is 0 Å². The zero-order chi connectivity index (χ0) is 46.3. The predicted molar refractivity (Wildman–Crippen MR) is 219 cm³/mol. The summed E-state index contributed by atoms with van der Waals surface area (Å²) >= 11 is 0. The van der Waals surface area contributed by atoms with Gasteiger partial charge in [-0.05, 0) is 17.5 Å². The van der Waals surface area contributed by atoms with Crippen LogP contribution in [-0.2, 0) is 60.4 Å². The molecule has 1 fully saturated rings. The minimum atomic E-state index is -2.32. The minimum Gasteiger partial charge on any atom is -0.481 e. The first-order chi connectivity index (χ1) is 29.8. The fraction of sp³-hybridized carbons (Fsp3) is 0.564. The van der Waals surface area contributed by atoms with E-state index in [9.17, 15) is 67.8 Å². The number of hydrogen-bond donors (Lipinski definition) is 12. The van der Waals surface area contributed by atoms with E-state index in [-0.39, 0.29) is 10.6 Å². The Kier molecular flexibility index (Phi) is 16.0. The van der Waals surface area contributed by atoms with Crippen molar-refractivity contribution in [3.8, 4) is 0 Å². The normalized spacial score (nSPS) is 28.8. The van der Waals surface area contributed by atoms with E-state index >= 15 is 0 Å². The average Bonchev–Trinajstić information content (AvgIpc) is 3.83. The molecular formula is C39H53N9O14S. The van der Waals surface area contributed by atoms with Crippen molar-refractivity contribution in [1.82, 2.24) is 47.1 Å². The second-order valence-electron chi connectivity index (χ2n) is 15.9. The van der Waals surface area contributed by atoms with E-state index in [4.69, 9.17) is 0 Å². The number of carboxylic acid groups (broad SMARTS) is 1. The highest BCUT2D eigenvalue weighted by atomic mass is 32.2. The highest BCUT2D eigenvalue weighted by molar-refractivity contribution is 7.85. The summed E-state index contributed by atoms with van der Waals surface area (Å²) in [6.45, 7) is 1.79. The molecule has 12 N–H and O–H groups in total. The maximum Gasteiger partial charge on any atom is 0.305 e. The van der Waals surface area contributed by atoms with Gasteiger partial charge >= 0.3 is 5.97 Å². The molecule has 344 valence electrons. The highest BCUT2D eigenvalue weighted by Gasteiger charge is 2.45. The predicted octanol–water partition coefficient (Wildman–Crippen LogP) is -5.03. The van der Waals surface area contributed by atoms with Gasteiger partial charge in [0.05, 0.1) is 54.9 Å². The lowest BCUT2D eigenvalue weighted by atomic mass is 9.93. The average molecular weight is 904 g/mol. The van der Waals surface area contributed by atoms with Gasteiger partial charge in [-0.2, -0.15) is 0 Å². The summed E-state index contributed by atoms with van der Waals surface area (Å²) in [6, 6.07) is -3.47. The SMILES string of the molecule is CC[C@H](C)[C@@H]1NC(=O)CNC(=O)[C@@H]2Cc3c([nH]c4ccccc34)S(=O)C[C@H](NC(=O)CNC1=O)C(=O)N[C@@H](CC(=O)O)C(=O)N1C[C@H](O)C[C@H]1C(=O)N[C@@H]([C@@H](C)[C@@H](O)CO)C(=O)N2. The molecule has 2 bridgehead atoms. The first-order valence-corrected chi connectivity index (χ1v) is 21.7. The van der Waals surface area contributed by atoms with Crippen molar-refractivity contribution >= 4 is 74.9 Å². The van der Waals surface area contributed by atoms with E-state index in [0.29, 0.717) is 17.3 Å². The number of aliphatic hydroxyl groups excluding tert-OH is 3. The maximum atomic E-state index is 14.5. The molecule has 4 heterocycles. The molecule has 5 rings (SSSR count). The van der Waals surface area contributed by atoms with Gasteiger partial charge in [0.2, 0.25) is 47.3 Å². The van der Waals surface area contributed by atoms with Crippen LogP contribution in [0.3, 0.4) is 0 Å². The number of aliphatic hydroxyl groups is 3. The summed E-state index contributed by atoms with van der Waals surface area (Å²) in [4.78, 5) is 127. The number of H-pyrrole nitrogens is 1. The third-order valence-electron chi connectivity index (χ3n) is 11.4. The van der Waals surface area contributed by atoms with E-state index < -0.39 is 176 Å². The molecule has 3 aliphatic rings. The van der Waals surface area contributed by atoms with E-state index in [0.717, 1.165) is 4.90 Å². The number of nitrogens with one attached hydrogen (secondary N) is 8. The summed E-state index contributed by atoms with van der Waals surface area (Å²) in [5.74, 6) is -12.2. The molecule has 63 heavy (non-hydrogen) atoms. The van der Waals surface area contributed by atoms with Crippen molar-refractivity contribution in [2.75, 3.05) is 32.0 Å². The van der Waals surface area contributed by atoms with Crippen LogP contribution in [0.25, 0.3) is 10.9 Å². The number of rotatable bonds is 7. The van der Waals surface area contributed by atoms with Crippen LogP contribution in [0.15, 0.2) is 29.3 Å². The lowest BCUT2D eigenvalue weighted by molar-refractivity contribution is -0.146. The summed E-state index contributed by atoms with van der Waals surface area (Å²) in [5.41, 5.74) is 0.560. The van der Waals surface area contributed by atoms with E-state index in [1.165, 1.54) is 6.92 Å². The van der Waals surface area contributed by atoms with Crippen molar-refractivity contribution in [2.24, 2.45) is 11.8 Å². The molecule has 1 aromatic heterocycles. The lowest BCUT2D eigenvalue weighted by Crippen LogP contribution is -2.62. The number of benzene rings is 1. The largest absolute Gasteiger partial charge is 0.481 e. The molecular weight excluding hydrogens is 851 g/mol. The molecule has 23 nitrogen and oxygen atoms in total. The number of carboxylic acids is 1. The quantitative estimate of drug-likeness (QED) is 0.124. The number of nitrogens with zero attached hydrogens (tertiary/aromatic N) is 1. The van der Waals surface area contributed by atoms with Crippen molar-refractivity contribution in [1.29, 1.82) is 0 Å². The van der Waals surface area contributed by atoms with Gasteiger partial charge in [-0.25, -0.2) is 0 Å². The molecule has 3 aliphatic heterocycles. The Morgan fingerprint density at radius 2 is 1.51 bits per heavy atom. The Morgan fingerprint density at radius 3 is 2.17 bits per heavy atom. The monoisotopic (exact) mass is 903 g/mol. The number of para-hydroxylation sites is 1. The molecule has 0 aliphatic carbocycles. The fourth-order valence-electron chi connectivity index (χ4n) is 7.63. The zero-order valence-electron chi connectivity index (χ0n) is 34.7. The molecule has 1 unspecified atom stereocenters. The second kappa shape index (κ2) is 20.9. The van der Waals surface area contributed by atoms with Gasteiger partial charge in [0.1, 0.15) is 41.3 Å². The van der Waals surface area contributed by atoms with E-state index in [1.807, 2.05) is 0 Å². The highest BCUT2D eigenvalue weighted by Crippen LogP contribution is 2.28. The smallest absolute Gasteiger partial charge is 0.305 e. The topological polar surface area (TPSA) is 355 Å². The number of fused-ring (bicyclic) bond motifs is 5. The van der Waals surface area contributed by atoms with Crippen molar-refractivity contribution in [3.05, 3.63) is 29.8 Å². The van der Waals surface area contributed by atoms with Crippen molar-refractivity contribution < 1.29 is 67.8 Å². The molecule has 11 atom stereocenters. The lowest BCUT2D eigenvalue weighted by Gasteiger charge is -2.32. The maximum absolute atomic E-state index is 14.5. The van der Waals surface area contributed by atoms with Crippen molar-refractivity contribution in [3.63, 3.8) is 0 Å². The van der Waals surface area contributed by atoms with Crippen LogP contribution >= 0.6 is 0 Å². The Hall–Kier alpha value is -5.98. The van der Waals surface area contributed by atoms with E-state index in [2.05, 4.69) is 42.2 Å². The first-order valence-electron chi connectivity index (χ1n) is 20.4. The number of carbonyl (C=O) groups is 9. The molecule has 0 radical (unpaired) electrons. The summed E-state index contributed by atoms with van der Waals surface area (Å²) in [5, 5.41) is 58.4. The van der Waals surface area contributed by atoms with Gasteiger partial charge in [-0.15, -0.1) is 0 Å². The van der Waals surface area contributed by atoms with E-state index in [1.54, 1.807) is 38.1 Å². The Labute approximate surface area is 362 Å². The number of aromatic nitrogens is 1. The van der Waals surface area contributed by atoms with Crippen LogP contribution in [0.2, 0.25) is 0 Å². The standard InChI is InChI=1S/C39H53N9O14S/c1-4-17(2)31-36(59)41-12-28(52)42-25-16-63(62)38-21(20-7-5-6-8-22(20)45-38)10-23(33(56)40-13-29(53)46-31)43-37(60)32(18(3)27(51)15-49)47-35(58)26-9-19(50)14-48(26)39(61)24(11-30(54)55)44-34(25)57/h5-8,17-19,23-27,31-32,45,49-51H,4,9-16H2,1-3H3,(H,40,56)(H,41,59)(H,42,52)(H,43,60)(H,44,57)(H,46,53)(H,47,58)(H,54,55)/t17-,18-,19+,23-,24-,25-,26-,27-,31-,32-,63?/m0/s1. The van der Waals surface area contributed by atoms with Crippen LogP contribution in [-0.4, -0.2) is 168 Å². The summed E-state index contributed by atoms with van der Waals surface area (Å²) in [6.07, 6.45) is -4.56. The molecule has 2 aromatic rings. The molecule has 24 heteroatoms. The second-order valence-corrected chi connectivity index (χ2v) is 17.3.